The Bertz CT molecular complexity index is 861. The second kappa shape index (κ2) is 6.86. The van der Waals surface area contributed by atoms with Crippen LogP contribution in [0, 0.1) is 11.6 Å². The van der Waals surface area contributed by atoms with Gasteiger partial charge in [-0.3, -0.25) is 9.52 Å². The molecule has 1 N–H and O–H groups in total. The highest BCUT2D eigenvalue weighted by molar-refractivity contribution is 9.10. The molecule has 24 heavy (non-hydrogen) atoms. The van der Waals surface area contributed by atoms with Gasteiger partial charge in [-0.15, -0.1) is 0 Å². The Morgan fingerprint density at radius 2 is 1.71 bits per heavy atom. The summed E-state index contributed by atoms with van der Waals surface area (Å²) in [5.74, 6) is -2.35. The molecule has 0 radical (unpaired) electrons. The van der Waals surface area contributed by atoms with Crippen molar-refractivity contribution in [3.05, 3.63) is 58.1 Å². The van der Waals surface area contributed by atoms with E-state index in [9.17, 15) is 22.0 Å². The lowest BCUT2D eigenvalue weighted by atomic mass is 10.2. The van der Waals surface area contributed by atoms with Crippen molar-refractivity contribution < 1.29 is 22.0 Å². The summed E-state index contributed by atoms with van der Waals surface area (Å²) in [4.78, 5) is 12.5. The molecule has 0 aliphatic rings. The van der Waals surface area contributed by atoms with Gasteiger partial charge in [0.25, 0.3) is 15.9 Å². The van der Waals surface area contributed by atoms with E-state index in [2.05, 4.69) is 20.7 Å². The number of nitrogens with one attached hydrogen (secondary N) is 1. The minimum absolute atomic E-state index is 0.140. The maximum Gasteiger partial charge on any atom is 0.265 e. The molecule has 1 amide bonds. The molecule has 2 rings (SSSR count). The third-order valence-electron chi connectivity index (χ3n) is 3.02. The van der Waals surface area contributed by atoms with Crippen LogP contribution < -0.4 is 4.72 Å². The lowest BCUT2D eigenvalue weighted by Crippen LogP contribution is -2.21. The van der Waals surface area contributed by atoms with Gasteiger partial charge in [0.15, 0.2) is 0 Å². The van der Waals surface area contributed by atoms with Gasteiger partial charge in [0, 0.05) is 35.9 Å². The molecule has 0 unspecified atom stereocenters. The van der Waals surface area contributed by atoms with Crippen LogP contribution in [0.4, 0.5) is 14.5 Å². The minimum Gasteiger partial charge on any atom is -0.345 e. The Labute approximate surface area is 146 Å². The molecule has 0 bridgehead atoms. The molecule has 0 saturated carbocycles. The van der Waals surface area contributed by atoms with Crippen molar-refractivity contribution >= 4 is 37.5 Å². The van der Waals surface area contributed by atoms with E-state index in [1.807, 2.05) is 0 Å². The van der Waals surface area contributed by atoms with Gasteiger partial charge in [0.1, 0.15) is 16.5 Å². The number of hydrogen-bond acceptors (Lipinski definition) is 3. The van der Waals surface area contributed by atoms with Crippen molar-refractivity contribution in [3.63, 3.8) is 0 Å². The number of carbonyl (C=O) groups excluding carboxylic acids is 1. The number of nitrogens with zero attached hydrogens (tertiary/aromatic N) is 1. The van der Waals surface area contributed by atoms with Crippen LogP contribution in [0.3, 0.4) is 0 Å². The number of sulfonamides is 1. The van der Waals surface area contributed by atoms with Gasteiger partial charge < -0.3 is 4.90 Å². The highest BCUT2D eigenvalue weighted by Gasteiger charge is 2.24. The van der Waals surface area contributed by atoms with Crippen molar-refractivity contribution in [3.8, 4) is 0 Å². The molecular weight excluding hydrogens is 406 g/mol. The topological polar surface area (TPSA) is 66.5 Å². The van der Waals surface area contributed by atoms with Gasteiger partial charge in [-0.05, 0) is 46.3 Å². The van der Waals surface area contributed by atoms with Crippen LogP contribution in [0.25, 0.3) is 0 Å². The van der Waals surface area contributed by atoms with Crippen molar-refractivity contribution in [1.82, 2.24) is 4.90 Å². The Morgan fingerprint density at radius 3 is 2.21 bits per heavy atom. The average molecular weight is 419 g/mol. The smallest absolute Gasteiger partial charge is 0.265 e. The normalized spacial score (nSPS) is 11.2. The highest BCUT2D eigenvalue weighted by Crippen LogP contribution is 2.28. The quantitative estimate of drug-likeness (QED) is 0.828. The standard InChI is InChI=1S/C15H13BrF2N2O3S/c1-20(2)15(21)9-3-5-11(6-4-9)19-24(22,23)14-12(16)7-10(17)8-13(14)18/h3-8,19H,1-2H3. The van der Waals surface area contributed by atoms with E-state index in [-0.39, 0.29) is 16.1 Å². The molecule has 0 atom stereocenters. The Hall–Kier alpha value is -2.00. The van der Waals surface area contributed by atoms with Crippen LogP contribution in [0.2, 0.25) is 0 Å². The van der Waals surface area contributed by atoms with E-state index in [1.54, 1.807) is 14.1 Å². The van der Waals surface area contributed by atoms with Gasteiger partial charge in [-0.25, -0.2) is 17.2 Å². The molecule has 128 valence electrons. The fourth-order valence-corrected chi connectivity index (χ4v) is 4.16. The zero-order valence-corrected chi connectivity index (χ0v) is 15.1. The van der Waals surface area contributed by atoms with E-state index in [0.717, 1.165) is 6.07 Å². The lowest BCUT2D eigenvalue weighted by Gasteiger charge is -2.12. The molecule has 0 aliphatic heterocycles. The number of rotatable bonds is 4. The summed E-state index contributed by atoms with van der Waals surface area (Å²) in [6.45, 7) is 0. The lowest BCUT2D eigenvalue weighted by molar-refractivity contribution is 0.0827. The number of hydrogen-bond donors (Lipinski definition) is 1. The number of anilines is 1. The molecule has 0 fully saturated rings. The van der Waals surface area contributed by atoms with Crippen LogP contribution >= 0.6 is 15.9 Å². The van der Waals surface area contributed by atoms with E-state index in [4.69, 9.17) is 0 Å². The van der Waals surface area contributed by atoms with E-state index in [0.29, 0.717) is 11.6 Å². The van der Waals surface area contributed by atoms with Crippen LogP contribution in [-0.4, -0.2) is 33.3 Å². The van der Waals surface area contributed by atoms with Gasteiger partial charge in [0.05, 0.1) is 0 Å². The van der Waals surface area contributed by atoms with E-state index in [1.165, 1.54) is 29.2 Å². The molecule has 0 spiro atoms. The molecule has 0 heterocycles. The summed E-state index contributed by atoms with van der Waals surface area (Å²) >= 11 is 2.84. The van der Waals surface area contributed by atoms with E-state index < -0.39 is 26.6 Å². The van der Waals surface area contributed by atoms with Crippen molar-refractivity contribution in [2.45, 2.75) is 4.90 Å². The zero-order chi connectivity index (χ0) is 18.1. The van der Waals surface area contributed by atoms with Crippen LogP contribution in [-0.2, 0) is 10.0 Å². The molecule has 9 heteroatoms. The van der Waals surface area contributed by atoms with Crippen molar-refractivity contribution in [2.75, 3.05) is 18.8 Å². The second-order valence-electron chi connectivity index (χ2n) is 5.08. The molecule has 2 aromatic carbocycles. The van der Waals surface area contributed by atoms with E-state index >= 15 is 0 Å². The first kappa shape index (κ1) is 18.3. The third-order valence-corrected chi connectivity index (χ3v) is 5.37. The predicted octanol–water partition coefficient (Wildman–Crippen LogP) is 3.23. The SMILES string of the molecule is CN(C)C(=O)c1ccc(NS(=O)(=O)c2c(F)cc(F)cc2Br)cc1. The first-order chi connectivity index (χ1) is 11.1. The summed E-state index contributed by atoms with van der Waals surface area (Å²) < 4.78 is 53.5. The Balaban J connectivity index is 2.32. The van der Waals surface area contributed by atoms with Gasteiger partial charge in [0.2, 0.25) is 0 Å². The predicted molar refractivity (Wildman–Crippen MR) is 89.3 cm³/mol. The molecule has 2 aromatic rings. The molecular formula is C15H13BrF2N2O3S. The second-order valence-corrected chi connectivity index (χ2v) is 7.55. The molecule has 0 aliphatic carbocycles. The number of carbonyl (C=O) groups is 1. The van der Waals surface area contributed by atoms with Gasteiger partial charge >= 0.3 is 0 Å². The summed E-state index contributed by atoms with van der Waals surface area (Å²) in [6, 6.07) is 6.98. The monoisotopic (exact) mass is 418 g/mol. The third kappa shape index (κ3) is 3.90. The van der Waals surface area contributed by atoms with Crippen molar-refractivity contribution in [2.24, 2.45) is 0 Å². The first-order valence-corrected chi connectivity index (χ1v) is 8.88. The maximum atomic E-state index is 13.8. The van der Waals surface area contributed by atoms with Crippen LogP contribution in [0.15, 0.2) is 45.8 Å². The van der Waals surface area contributed by atoms with Gasteiger partial charge in [-0.2, -0.15) is 0 Å². The summed E-state index contributed by atoms with van der Waals surface area (Å²) in [5.41, 5.74) is 0.512. The zero-order valence-electron chi connectivity index (χ0n) is 12.7. The largest absolute Gasteiger partial charge is 0.345 e. The maximum absolute atomic E-state index is 13.8. The van der Waals surface area contributed by atoms with Crippen molar-refractivity contribution in [1.29, 1.82) is 0 Å². The number of amides is 1. The first-order valence-electron chi connectivity index (χ1n) is 6.61. The summed E-state index contributed by atoms with van der Waals surface area (Å²) in [5, 5.41) is 0. The molecule has 0 saturated heterocycles. The fraction of sp³-hybridized carbons (Fsp3) is 0.133. The Morgan fingerprint density at radius 1 is 1.12 bits per heavy atom. The minimum atomic E-state index is -4.27. The fourth-order valence-electron chi connectivity index (χ4n) is 1.93. The van der Waals surface area contributed by atoms with Crippen LogP contribution in [0.5, 0.6) is 0 Å². The van der Waals surface area contributed by atoms with Crippen LogP contribution in [0.1, 0.15) is 10.4 Å². The highest BCUT2D eigenvalue weighted by atomic mass is 79.9. The number of benzene rings is 2. The Kier molecular flexibility index (Phi) is 5.24. The average Bonchev–Trinajstić information content (AvgIpc) is 2.45. The van der Waals surface area contributed by atoms with Gasteiger partial charge in [-0.1, -0.05) is 0 Å². The number of halogens is 3. The summed E-state index contributed by atoms with van der Waals surface area (Å²) in [6.07, 6.45) is 0. The molecule has 0 aromatic heterocycles. The summed E-state index contributed by atoms with van der Waals surface area (Å²) in [7, 11) is -1.09. The molecule has 5 nitrogen and oxygen atoms in total.